The van der Waals surface area contributed by atoms with Crippen LogP contribution in [-0.2, 0) is 24.8 Å². The van der Waals surface area contributed by atoms with E-state index in [0.717, 1.165) is 16.1 Å². The summed E-state index contributed by atoms with van der Waals surface area (Å²) in [7, 11) is 2.01. The van der Waals surface area contributed by atoms with E-state index in [4.69, 9.17) is 4.99 Å². The number of nitrogens with one attached hydrogen (secondary N) is 1. The summed E-state index contributed by atoms with van der Waals surface area (Å²) in [5.41, 5.74) is 3.39. The Morgan fingerprint density at radius 1 is 1.24 bits per heavy atom. The van der Waals surface area contributed by atoms with Crippen molar-refractivity contribution >= 4 is 17.2 Å². The number of aryl methyl sites for hydroxylation is 1. The fraction of sp³-hybridized carbons (Fsp3) is 0.500. The van der Waals surface area contributed by atoms with E-state index < -0.39 is 0 Å². The van der Waals surface area contributed by atoms with E-state index in [0.29, 0.717) is 19.0 Å². The van der Waals surface area contributed by atoms with Crippen molar-refractivity contribution in [3.63, 3.8) is 0 Å². The molecule has 1 aliphatic carbocycles. The summed E-state index contributed by atoms with van der Waals surface area (Å²) >= 11 is 1.64. The Morgan fingerprint density at radius 3 is 2.68 bits per heavy atom. The lowest BCUT2D eigenvalue weighted by Gasteiger charge is -2.16. The molecule has 1 heterocycles. The first kappa shape index (κ1) is 17.9. The third kappa shape index (κ3) is 5.05. The Morgan fingerprint density at radius 2 is 1.96 bits per heavy atom. The molecule has 2 aromatic rings. The van der Waals surface area contributed by atoms with Crippen LogP contribution in [0.15, 0.2) is 34.6 Å². The summed E-state index contributed by atoms with van der Waals surface area (Å²) in [5, 5.41) is 5.07. The summed E-state index contributed by atoms with van der Waals surface area (Å²) in [4.78, 5) is 18.2. The molecule has 0 radical (unpaired) electrons. The van der Waals surface area contributed by atoms with Crippen LogP contribution in [-0.4, -0.2) is 16.5 Å². The molecule has 0 unspecified atom stereocenters. The summed E-state index contributed by atoms with van der Waals surface area (Å²) in [6.45, 7) is 2.64. The quantitative estimate of drug-likeness (QED) is 0.875. The second kappa shape index (κ2) is 8.48. The molecule has 1 saturated carbocycles. The van der Waals surface area contributed by atoms with Crippen molar-refractivity contribution in [1.29, 1.82) is 0 Å². The van der Waals surface area contributed by atoms with Gasteiger partial charge in [0.2, 0.25) is 5.91 Å². The zero-order valence-corrected chi connectivity index (χ0v) is 15.9. The average Bonchev–Trinajstić information content (AvgIpc) is 2.95. The maximum absolute atomic E-state index is 12.3. The van der Waals surface area contributed by atoms with E-state index in [1.807, 2.05) is 7.05 Å². The number of aromatic nitrogens is 1. The minimum Gasteiger partial charge on any atom is -0.352 e. The Balaban J connectivity index is 1.58. The van der Waals surface area contributed by atoms with Crippen LogP contribution in [0, 0.1) is 6.92 Å². The molecule has 25 heavy (non-hydrogen) atoms. The van der Waals surface area contributed by atoms with Gasteiger partial charge in [0, 0.05) is 24.7 Å². The average molecular weight is 358 g/mol. The molecule has 134 valence electrons. The minimum absolute atomic E-state index is 0.0539. The zero-order valence-electron chi connectivity index (χ0n) is 15.1. The molecule has 1 aromatic carbocycles. The summed E-state index contributed by atoms with van der Waals surface area (Å²) in [6, 6.07) is 8.71. The molecule has 3 rings (SSSR count). The molecule has 0 aliphatic heterocycles. The van der Waals surface area contributed by atoms with Gasteiger partial charge in [0.25, 0.3) is 0 Å². The van der Waals surface area contributed by atoms with E-state index in [2.05, 4.69) is 46.5 Å². The van der Waals surface area contributed by atoms with Crippen LogP contribution < -0.4 is 10.1 Å². The number of thiazole rings is 1. The van der Waals surface area contributed by atoms with E-state index in [1.165, 1.54) is 37.7 Å². The van der Waals surface area contributed by atoms with Crippen LogP contribution in [0.5, 0.6) is 0 Å². The van der Waals surface area contributed by atoms with Crippen LogP contribution >= 0.6 is 11.3 Å². The maximum atomic E-state index is 12.3. The lowest BCUT2D eigenvalue weighted by atomic mass is 9.96. The Labute approximate surface area is 153 Å². The zero-order chi connectivity index (χ0) is 17.6. The van der Waals surface area contributed by atoms with Crippen LogP contribution in [0.3, 0.4) is 0 Å². The minimum atomic E-state index is 0.0539. The van der Waals surface area contributed by atoms with Crippen molar-refractivity contribution < 1.29 is 4.79 Å². The number of carbonyl (C=O) groups is 1. The van der Waals surface area contributed by atoms with Crippen LogP contribution in [0.1, 0.15) is 48.9 Å². The molecular formula is C20H27N3OS. The van der Waals surface area contributed by atoms with Gasteiger partial charge >= 0.3 is 0 Å². The van der Waals surface area contributed by atoms with Crippen molar-refractivity contribution in [1.82, 2.24) is 9.88 Å². The smallest absolute Gasteiger partial charge is 0.226 e. The van der Waals surface area contributed by atoms with E-state index in [9.17, 15) is 4.79 Å². The third-order valence-corrected chi connectivity index (χ3v) is 5.82. The van der Waals surface area contributed by atoms with Gasteiger partial charge < -0.3 is 9.88 Å². The van der Waals surface area contributed by atoms with Gasteiger partial charge in [0.1, 0.15) is 0 Å². The van der Waals surface area contributed by atoms with Crippen molar-refractivity contribution in [2.75, 3.05) is 0 Å². The SMILES string of the molecule is Cc1ccc(CNC(=O)Cc2csc(=NC3CCCCC3)n2C)cc1. The molecule has 1 aromatic heterocycles. The number of hydrogen-bond donors (Lipinski definition) is 1. The van der Waals surface area contributed by atoms with Gasteiger partial charge in [-0.05, 0) is 25.3 Å². The molecule has 4 nitrogen and oxygen atoms in total. The normalized spacial score (nSPS) is 16.2. The highest BCUT2D eigenvalue weighted by atomic mass is 32.1. The standard InChI is InChI=1S/C20H27N3OS/c1-15-8-10-16(11-9-15)13-21-19(24)12-18-14-25-20(23(18)2)22-17-6-4-3-5-7-17/h8-11,14,17H,3-7,12-13H2,1-2H3,(H,21,24). The van der Waals surface area contributed by atoms with Crippen molar-refractivity contribution in [2.45, 2.75) is 58.0 Å². The van der Waals surface area contributed by atoms with Crippen LogP contribution in [0.4, 0.5) is 0 Å². The summed E-state index contributed by atoms with van der Waals surface area (Å²) in [6.07, 6.45) is 6.72. The van der Waals surface area contributed by atoms with E-state index in [1.54, 1.807) is 11.3 Å². The highest BCUT2D eigenvalue weighted by Crippen LogP contribution is 2.20. The highest BCUT2D eigenvalue weighted by molar-refractivity contribution is 7.07. The van der Waals surface area contributed by atoms with Gasteiger partial charge in [-0.1, -0.05) is 49.1 Å². The molecule has 0 atom stereocenters. The third-order valence-electron chi connectivity index (χ3n) is 4.84. The largest absolute Gasteiger partial charge is 0.352 e. The van der Waals surface area contributed by atoms with Gasteiger partial charge in [0.15, 0.2) is 4.80 Å². The first-order valence-corrected chi connectivity index (χ1v) is 9.99. The topological polar surface area (TPSA) is 46.4 Å². The van der Waals surface area contributed by atoms with Crippen molar-refractivity contribution in [2.24, 2.45) is 12.0 Å². The molecule has 1 fully saturated rings. The van der Waals surface area contributed by atoms with Crippen LogP contribution in [0.25, 0.3) is 0 Å². The number of hydrogen-bond acceptors (Lipinski definition) is 3. The molecule has 1 amide bonds. The predicted octanol–water partition coefficient (Wildman–Crippen LogP) is 3.49. The number of benzene rings is 1. The van der Waals surface area contributed by atoms with E-state index >= 15 is 0 Å². The fourth-order valence-corrected chi connectivity index (χ4v) is 4.15. The second-order valence-electron chi connectivity index (χ2n) is 6.93. The molecule has 0 saturated heterocycles. The van der Waals surface area contributed by atoms with Crippen LogP contribution in [0.2, 0.25) is 0 Å². The first-order valence-electron chi connectivity index (χ1n) is 9.11. The van der Waals surface area contributed by atoms with E-state index in [-0.39, 0.29) is 5.91 Å². The monoisotopic (exact) mass is 357 g/mol. The Kier molecular flexibility index (Phi) is 6.08. The maximum Gasteiger partial charge on any atom is 0.226 e. The Bertz CT molecular complexity index is 767. The lowest BCUT2D eigenvalue weighted by molar-refractivity contribution is -0.120. The van der Waals surface area contributed by atoms with Crippen molar-refractivity contribution in [3.05, 3.63) is 51.3 Å². The molecule has 0 bridgehead atoms. The molecule has 5 heteroatoms. The molecule has 1 aliphatic rings. The number of rotatable bonds is 5. The van der Waals surface area contributed by atoms with Gasteiger partial charge in [-0.25, -0.2) is 0 Å². The highest BCUT2D eigenvalue weighted by Gasteiger charge is 2.13. The fourth-order valence-electron chi connectivity index (χ4n) is 3.18. The summed E-state index contributed by atoms with van der Waals surface area (Å²) < 4.78 is 2.07. The Hall–Kier alpha value is -1.88. The molecular weight excluding hydrogens is 330 g/mol. The molecule has 1 N–H and O–H groups in total. The summed E-state index contributed by atoms with van der Waals surface area (Å²) in [5.74, 6) is 0.0539. The van der Waals surface area contributed by atoms with Gasteiger partial charge in [-0.3, -0.25) is 9.79 Å². The van der Waals surface area contributed by atoms with Gasteiger partial charge in [-0.2, -0.15) is 0 Å². The van der Waals surface area contributed by atoms with Gasteiger partial charge in [-0.15, -0.1) is 11.3 Å². The lowest BCUT2D eigenvalue weighted by Crippen LogP contribution is -2.26. The molecule has 0 spiro atoms. The number of nitrogens with zero attached hydrogens (tertiary/aromatic N) is 2. The van der Waals surface area contributed by atoms with Crippen molar-refractivity contribution in [3.8, 4) is 0 Å². The number of carbonyl (C=O) groups excluding carboxylic acids is 1. The second-order valence-corrected chi connectivity index (χ2v) is 7.77. The van der Waals surface area contributed by atoms with Gasteiger partial charge in [0.05, 0.1) is 12.5 Å². The predicted molar refractivity (Wildman–Crippen MR) is 102 cm³/mol. The first-order chi connectivity index (χ1) is 12.1. The number of amides is 1.